The smallest absolute Gasteiger partial charge is 0.389 e. The van der Waals surface area contributed by atoms with Gasteiger partial charge in [-0.15, -0.1) is 24.8 Å². The number of hydrogen-bond acceptors (Lipinski definition) is 3. The van der Waals surface area contributed by atoms with E-state index in [0.29, 0.717) is 12.4 Å². The predicted octanol–water partition coefficient (Wildman–Crippen LogP) is 5.40. The molecular formula is C21H27Cl2F3N2O. The van der Waals surface area contributed by atoms with Crippen LogP contribution in [-0.4, -0.2) is 37.3 Å². The van der Waals surface area contributed by atoms with Gasteiger partial charge in [0.15, 0.2) is 0 Å². The van der Waals surface area contributed by atoms with Crippen LogP contribution in [0.15, 0.2) is 54.6 Å². The lowest BCUT2D eigenvalue weighted by molar-refractivity contribution is -0.138. The van der Waals surface area contributed by atoms with E-state index in [9.17, 15) is 13.2 Å². The Labute approximate surface area is 182 Å². The standard InChI is InChI=1S/C21H25F3N2O.2ClH/c22-21(23,24)11-10-19(26-14-12-25-13-15-26)18-8-4-5-9-20(18)27-16-17-6-2-1-3-7-17;;/h1-9,19,25H,10-16H2;2*1H/t19-;;/m0../s1. The molecule has 162 valence electrons. The number of benzene rings is 2. The lowest BCUT2D eigenvalue weighted by atomic mass is 9.98. The molecule has 1 atom stereocenters. The van der Waals surface area contributed by atoms with Gasteiger partial charge in [0.2, 0.25) is 0 Å². The van der Waals surface area contributed by atoms with Gasteiger partial charge in [-0.3, -0.25) is 4.90 Å². The maximum atomic E-state index is 12.9. The van der Waals surface area contributed by atoms with E-state index >= 15 is 0 Å². The fraction of sp³-hybridized carbons (Fsp3) is 0.429. The summed E-state index contributed by atoms with van der Waals surface area (Å²) in [5, 5.41) is 3.26. The molecule has 0 spiro atoms. The molecule has 1 fully saturated rings. The lowest BCUT2D eigenvalue weighted by Crippen LogP contribution is -2.45. The molecule has 1 aliphatic heterocycles. The van der Waals surface area contributed by atoms with Gasteiger partial charge in [0.25, 0.3) is 0 Å². The van der Waals surface area contributed by atoms with Crippen LogP contribution in [0.25, 0.3) is 0 Å². The number of hydrogen-bond donors (Lipinski definition) is 1. The Morgan fingerprint density at radius 1 is 0.931 bits per heavy atom. The molecule has 29 heavy (non-hydrogen) atoms. The van der Waals surface area contributed by atoms with Crippen molar-refractivity contribution >= 4 is 24.8 Å². The number of para-hydroxylation sites is 1. The summed E-state index contributed by atoms with van der Waals surface area (Å²) in [6.45, 7) is 3.43. The predicted molar refractivity (Wildman–Crippen MR) is 114 cm³/mol. The van der Waals surface area contributed by atoms with Gasteiger partial charge in [-0.05, 0) is 18.1 Å². The largest absolute Gasteiger partial charge is 0.489 e. The molecule has 2 aromatic rings. The van der Waals surface area contributed by atoms with Crippen molar-refractivity contribution in [1.82, 2.24) is 10.2 Å². The molecule has 1 aliphatic rings. The maximum Gasteiger partial charge on any atom is 0.389 e. The quantitative estimate of drug-likeness (QED) is 0.611. The second kappa shape index (κ2) is 12.3. The fourth-order valence-corrected chi connectivity index (χ4v) is 3.45. The second-order valence-electron chi connectivity index (χ2n) is 6.77. The van der Waals surface area contributed by atoms with Gasteiger partial charge in [0, 0.05) is 44.2 Å². The van der Waals surface area contributed by atoms with Crippen LogP contribution in [0, 0.1) is 0 Å². The molecule has 0 amide bonds. The fourth-order valence-electron chi connectivity index (χ4n) is 3.45. The minimum absolute atomic E-state index is 0. The van der Waals surface area contributed by atoms with Gasteiger partial charge in [0.1, 0.15) is 12.4 Å². The van der Waals surface area contributed by atoms with Crippen LogP contribution < -0.4 is 10.1 Å². The molecule has 0 radical (unpaired) electrons. The van der Waals surface area contributed by atoms with Gasteiger partial charge in [-0.1, -0.05) is 48.5 Å². The van der Waals surface area contributed by atoms with E-state index in [2.05, 4.69) is 10.2 Å². The van der Waals surface area contributed by atoms with E-state index < -0.39 is 12.6 Å². The van der Waals surface area contributed by atoms with E-state index in [1.54, 1.807) is 0 Å². The minimum atomic E-state index is -4.16. The summed E-state index contributed by atoms with van der Waals surface area (Å²) in [7, 11) is 0. The Hall–Kier alpha value is -1.47. The number of piperazine rings is 1. The monoisotopic (exact) mass is 450 g/mol. The first-order chi connectivity index (χ1) is 13.0. The third-order valence-corrected chi connectivity index (χ3v) is 4.81. The maximum absolute atomic E-state index is 12.9. The molecule has 8 heteroatoms. The molecule has 2 aromatic carbocycles. The molecule has 0 aromatic heterocycles. The van der Waals surface area contributed by atoms with Crippen molar-refractivity contribution in [3.05, 3.63) is 65.7 Å². The highest BCUT2D eigenvalue weighted by Crippen LogP contribution is 2.36. The van der Waals surface area contributed by atoms with Crippen LogP contribution in [0.3, 0.4) is 0 Å². The first-order valence-electron chi connectivity index (χ1n) is 9.30. The summed E-state index contributed by atoms with van der Waals surface area (Å²) in [6, 6.07) is 16.9. The Balaban J connectivity index is 0.00000210. The lowest BCUT2D eigenvalue weighted by Gasteiger charge is -2.36. The highest BCUT2D eigenvalue weighted by atomic mass is 35.5. The Bertz CT molecular complexity index is 711. The van der Waals surface area contributed by atoms with Crippen molar-refractivity contribution in [2.45, 2.75) is 31.7 Å². The van der Waals surface area contributed by atoms with Crippen molar-refractivity contribution in [3.63, 3.8) is 0 Å². The molecule has 3 rings (SSSR count). The molecule has 3 nitrogen and oxygen atoms in total. The SMILES string of the molecule is Cl.Cl.FC(F)(F)CC[C@@H](c1ccccc1OCc1ccccc1)N1CCNCC1. The first kappa shape index (κ1) is 25.6. The van der Waals surface area contributed by atoms with Crippen molar-refractivity contribution < 1.29 is 17.9 Å². The van der Waals surface area contributed by atoms with Crippen LogP contribution in [0.5, 0.6) is 5.75 Å². The van der Waals surface area contributed by atoms with E-state index in [4.69, 9.17) is 4.74 Å². The third-order valence-electron chi connectivity index (χ3n) is 4.81. The topological polar surface area (TPSA) is 24.5 Å². The second-order valence-corrected chi connectivity index (χ2v) is 6.77. The van der Waals surface area contributed by atoms with Gasteiger partial charge >= 0.3 is 6.18 Å². The molecule has 1 saturated heterocycles. The van der Waals surface area contributed by atoms with Crippen molar-refractivity contribution in [2.24, 2.45) is 0 Å². The van der Waals surface area contributed by atoms with Crippen LogP contribution in [-0.2, 0) is 6.61 Å². The molecular weight excluding hydrogens is 424 g/mol. The van der Waals surface area contributed by atoms with Gasteiger partial charge in [0.05, 0.1) is 0 Å². The summed E-state index contributed by atoms with van der Waals surface area (Å²) in [4.78, 5) is 2.13. The normalized spacial score (nSPS) is 15.7. The van der Waals surface area contributed by atoms with Crippen LogP contribution in [0.1, 0.15) is 30.0 Å². The molecule has 0 saturated carbocycles. The Morgan fingerprint density at radius 3 is 2.21 bits per heavy atom. The third kappa shape index (κ3) is 8.05. The number of halogens is 5. The molecule has 1 heterocycles. The average molecular weight is 451 g/mol. The summed E-state index contributed by atoms with van der Waals surface area (Å²) in [6.07, 6.45) is -4.92. The van der Waals surface area contributed by atoms with Crippen molar-refractivity contribution in [1.29, 1.82) is 0 Å². The van der Waals surface area contributed by atoms with Crippen LogP contribution in [0.2, 0.25) is 0 Å². The highest BCUT2D eigenvalue weighted by Gasteiger charge is 2.32. The summed E-state index contributed by atoms with van der Waals surface area (Å²) >= 11 is 0. The first-order valence-corrected chi connectivity index (χ1v) is 9.30. The van der Waals surface area contributed by atoms with Gasteiger partial charge < -0.3 is 10.1 Å². The van der Waals surface area contributed by atoms with Crippen LogP contribution >= 0.6 is 24.8 Å². The zero-order valence-corrected chi connectivity index (χ0v) is 17.7. The number of ether oxygens (including phenoxy) is 1. The minimum Gasteiger partial charge on any atom is -0.489 e. The molecule has 0 unspecified atom stereocenters. The molecule has 1 N–H and O–H groups in total. The summed E-state index contributed by atoms with van der Waals surface area (Å²) < 4.78 is 44.7. The zero-order chi connectivity index (χ0) is 19.1. The Kier molecular flexibility index (Phi) is 10.8. The van der Waals surface area contributed by atoms with Crippen molar-refractivity contribution in [3.8, 4) is 5.75 Å². The van der Waals surface area contributed by atoms with Gasteiger partial charge in [-0.25, -0.2) is 0 Å². The Morgan fingerprint density at radius 2 is 1.55 bits per heavy atom. The van der Waals surface area contributed by atoms with Crippen LogP contribution in [0.4, 0.5) is 13.2 Å². The highest BCUT2D eigenvalue weighted by molar-refractivity contribution is 5.85. The average Bonchev–Trinajstić information content (AvgIpc) is 2.68. The summed E-state index contributed by atoms with van der Waals surface area (Å²) in [5.74, 6) is 0.659. The number of nitrogens with one attached hydrogen (secondary N) is 1. The van der Waals surface area contributed by atoms with Crippen molar-refractivity contribution in [2.75, 3.05) is 26.2 Å². The number of alkyl halides is 3. The van der Waals surface area contributed by atoms with E-state index in [0.717, 1.165) is 37.3 Å². The van der Waals surface area contributed by atoms with E-state index in [1.807, 2.05) is 54.6 Å². The van der Waals surface area contributed by atoms with E-state index in [1.165, 1.54) is 0 Å². The molecule has 0 bridgehead atoms. The molecule has 0 aliphatic carbocycles. The number of rotatable bonds is 7. The zero-order valence-electron chi connectivity index (χ0n) is 16.0. The van der Waals surface area contributed by atoms with E-state index in [-0.39, 0.29) is 37.3 Å². The van der Waals surface area contributed by atoms with Gasteiger partial charge in [-0.2, -0.15) is 13.2 Å². The summed E-state index contributed by atoms with van der Waals surface area (Å²) in [5.41, 5.74) is 1.86. The number of nitrogens with zero attached hydrogens (tertiary/aromatic N) is 1.